The van der Waals surface area contributed by atoms with E-state index in [-0.39, 0.29) is 0 Å². The molecular weight excluding hydrogens is 228 g/mol. The molecule has 0 aliphatic heterocycles. The van der Waals surface area contributed by atoms with Crippen molar-refractivity contribution >= 4 is 18.2 Å². The van der Waals surface area contributed by atoms with Gasteiger partial charge in [-0.15, -0.1) is 0 Å². The van der Waals surface area contributed by atoms with E-state index in [1.165, 1.54) is 33.4 Å². The molecule has 96 valence electrons. The third-order valence-corrected chi connectivity index (χ3v) is 3.38. The SMILES string of the molecule is C=Cc1ccccc1C=Cc1c(C)cc(C)cc1C. The van der Waals surface area contributed by atoms with Gasteiger partial charge in [-0.1, -0.05) is 66.8 Å². The number of benzene rings is 2. The van der Waals surface area contributed by atoms with Gasteiger partial charge in [0.1, 0.15) is 0 Å². The zero-order valence-corrected chi connectivity index (χ0v) is 11.9. The monoisotopic (exact) mass is 248 g/mol. The Hall–Kier alpha value is -2.08. The highest BCUT2D eigenvalue weighted by molar-refractivity contribution is 5.76. The Morgan fingerprint density at radius 1 is 0.842 bits per heavy atom. The van der Waals surface area contributed by atoms with Gasteiger partial charge in [-0.3, -0.25) is 0 Å². The smallest absolute Gasteiger partial charge is 0.0184 e. The molecule has 0 saturated carbocycles. The summed E-state index contributed by atoms with van der Waals surface area (Å²) in [6.07, 6.45) is 6.27. The minimum absolute atomic E-state index is 1.17. The van der Waals surface area contributed by atoms with Crippen LogP contribution in [-0.2, 0) is 0 Å². The van der Waals surface area contributed by atoms with Gasteiger partial charge in [-0.25, -0.2) is 0 Å². The molecule has 0 atom stereocenters. The van der Waals surface area contributed by atoms with E-state index in [4.69, 9.17) is 0 Å². The Kier molecular flexibility index (Phi) is 4.01. The molecule has 0 bridgehead atoms. The van der Waals surface area contributed by atoms with Crippen LogP contribution in [0.4, 0.5) is 0 Å². The number of hydrogen-bond acceptors (Lipinski definition) is 0. The van der Waals surface area contributed by atoms with Crippen LogP contribution in [0.5, 0.6) is 0 Å². The molecule has 0 radical (unpaired) electrons. The minimum atomic E-state index is 1.17. The van der Waals surface area contributed by atoms with Crippen molar-refractivity contribution in [1.82, 2.24) is 0 Å². The summed E-state index contributed by atoms with van der Waals surface area (Å²) < 4.78 is 0. The van der Waals surface area contributed by atoms with E-state index in [9.17, 15) is 0 Å². The zero-order valence-electron chi connectivity index (χ0n) is 11.9. The molecule has 0 aliphatic carbocycles. The summed E-state index contributed by atoms with van der Waals surface area (Å²) in [5.74, 6) is 0. The first kappa shape index (κ1) is 13.4. The van der Waals surface area contributed by atoms with Crippen LogP contribution in [0.1, 0.15) is 33.4 Å². The first-order chi connectivity index (χ1) is 9.11. The molecule has 2 rings (SSSR count). The average Bonchev–Trinajstić information content (AvgIpc) is 2.38. The third kappa shape index (κ3) is 3.03. The number of rotatable bonds is 3. The van der Waals surface area contributed by atoms with Gasteiger partial charge in [-0.05, 0) is 48.6 Å². The lowest BCUT2D eigenvalue weighted by Gasteiger charge is -2.07. The number of hydrogen-bond donors (Lipinski definition) is 0. The van der Waals surface area contributed by atoms with Gasteiger partial charge >= 0.3 is 0 Å². The largest absolute Gasteiger partial charge is 0.0984 e. The first-order valence-electron chi connectivity index (χ1n) is 6.59. The summed E-state index contributed by atoms with van der Waals surface area (Å²) in [7, 11) is 0. The Morgan fingerprint density at radius 2 is 1.42 bits per heavy atom. The van der Waals surface area contributed by atoms with Crippen molar-refractivity contribution < 1.29 is 0 Å². The number of aryl methyl sites for hydroxylation is 3. The maximum atomic E-state index is 3.86. The van der Waals surface area contributed by atoms with Gasteiger partial charge < -0.3 is 0 Å². The molecule has 0 amide bonds. The molecule has 0 heterocycles. The highest BCUT2D eigenvalue weighted by Gasteiger charge is 2.00. The van der Waals surface area contributed by atoms with Gasteiger partial charge in [0, 0.05) is 0 Å². The summed E-state index contributed by atoms with van der Waals surface area (Å²) in [6, 6.07) is 12.8. The summed E-state index contributed by atoms with van der Waals surface area (Å²) in [5, 5.41) is 0. The molecular formula is C19H20. The Morgan fingerprint density at radius 3 is 2.00 bits per heavy atom. The maximum absolute atomic E-state index is 3.86. The third-order valence-electron chi connectivity index (χ3n) is 3.38. The van der Waals surface area contributed by atoms with Crippen LogP contribution in [0.25, 0.3) is 18.2 Å². The molecule has 0 unspecified atom stereocenters. The van der Waals surface area contributed by atoms with Gasteiger partial charge in [0.2, 0.25) is 0 Å². The van der Waals surface area contributed by atoms with E-state index in [0.29, 0.717) is 0 Å². The minimum Gasteiger partial charge on any atom is -0.0984 e. The molecule has 0 N–H and O–H groups in total. The van der Waals surface area contributed by atoms with Gasteiger partial charge in [0.25, 0.3) is 0 Å². The van der Waals surface area contributed by atoms with Crippen LogP contribution >= 0.6 is 0 Å². The first-order valence-corrected chi connectivity index (χ1v) is 6.59. The van der Waals surface area contributed by atoms with Crippen LogP contribution in [0.2, 0.25) is 0 Å². The second kappa shape index (κ2) is 5.71. The fourth-order valence-electron chi connectivity index (χ4n) is 2.48. The normalized spacial score (nSPS) is 10.9. The van der Waals surface area contributed by atoms with Crippen LogP contribution in [0.3, 0.4) is 0 Å². The molecule has 2 aromatic rings. The van der Waals surface area contributed by atoms with Crippen LogP contribution in [0.15, 0.2) is 43.0 Å². The van der Waals surface area contributed by atoms with E-state index in [1.54, 1.807) is 0 Å². The van der Waals surface area contributed by atoms with Gasteiger partial charge in [-0.2, -0.15) is 0 Å². The lowest BCUT2D eigenvalue weighted by molar-refractivity contribution is 1.30. The molecule has 0 spiro atoms. The quantitative estimate of drug-likeness (QED) is 0.636. The van der Waals surface area contributed by atoms with Crippen molar-refractivity contribution in [2.45, 2.75) is 20.8 Å². The van der Waals surface area contributed by atoms with Gasteiger partial charge in [0.05, 0.1) is 0 Å². The molecule has 0 nitrogen and oxygen atoms in total. The molecule has 2 aromatic carbocycles. The standard InChI is InChI=1S/C19H20/c1-5-17-8-6-7-9-18(17)10-11-19-15(3)12-14(2)13-16(19)4/h5-13H,1H2,2-4H3. The average molecular weight is 248 g/mol. The molecule has 0 fully saturated rings. The maximum Gasteiger partial charge on any atom is -0.0184 e. The van der Waals surface area contributed by atoms with Crippen molar-refractivity contribution in [2.24, 2.45) is 0 Å². The van der Waals surface area contributed by atoms with Gasteiger partial charge in [0.15, 0.2) is 0 Å². The van der Waals surface area contributed by atoms with Crippen molar-refractivity contribution in [1.29, 1.82) is 0 Å². The molecule has 0 aromatic heterocycles. The highest BCUT2D eigenvalue weighted by Crippen LogP contribution is 2.20. The van der Waals surface area contributed by atoms with E-state index >= 15 is 0 Å². The van der Waals surface area contributed by atoms with E-state index < -0.39 is 0 Å². The zero-order chi connectivity index (χ0) is 13.8. The van der Waals surface area contributed by atoms with Crippen LogP contribution in [0, 0.1) is 20.8 Å². The van der Waals surface area contributed by atoms with Crippen molar-refractivity contribution in [3.8, 4) is 0 Å². The lowest BCUT2D eigenvalue weighted by Crippen LogP contribution is -1.88. The summed E-state index contributed by atoms with van der Waals surface area (Å²) >= 11 is 0. The molecule has 0 saturated heterocycles. The highest BCUT2D eigenvalue weighted by atomic mass is 14.1. The molecule has 0 aliphatic rings. The summed E-state index contributed by atoms with van der Waals surface area (Å²) in [6.45, 7) is 10.3. The van der Waals surface area contributed by atoms with Crippen molar-refractivity contribution in [2.75, 3.05) is 0 Å². The fraction of sp³-hybridized carbons (Fsp3) is 0.158. The lowest BCUT2D eigenvalue weighted by atomic mass is 9.98. The fourth-order valence-corrected chi connectivity index (χ4v) is 2.48. The predicted octanol–water partition coefficient (Wildman–Crippen LogP) is 5.43. The Balaban J connectivity index is 2.41. The Bertz CT molecular complexity index is 607. The van der Waals surface area contributed by atoms with Crippen molar-refractivity contribution in [3.63, 3.8) is 0 Å². The second-order valence-electron chi connectivity index (χ2n) is 4.98. The predicted molar refractivity (Wildman–Crippen MR) is 86.1 cm³/mol. The molecule has 19 heavy (non-hydrogen) atoms. The topological polar surface area (TPSA) is 0 Å². The summed E-state index contributed by atoms with van der Waals surface area (Å²) in [5.41, 5.74) is 7.65. The Labute approximate surface area is 116 Å². The van der Waals surface area contributed by atoms with E-state index in [0.717, 1.165) is 0 Å². The van der Waals surface area contributed by atoms with Crippen molar-refractivity contribution in [3.05, 3.63) is 76.4 Å². The summed E-state index contributed by atoms with van der Waals surface area (Å²) in [4.78, 5) is 0. The van der Waals surface area contributed by atoms with Crippen LogP contribution in [-0.4, -0.2) is 0 Å². The van der Waals surface area contributed by atoms with E-state index in [2.05, 4.69) is 69.8 Å². The second-order valence-corrected chi connectivity index (χ2v) is 4.98. The molecule has 0 heteroatoms. The van der Waals surface area contributed by atoms with Crippen LogP contribution < -0.4 is 0 Å². The van der Waals surface area contributed by atoms with E-state index in [1.807, 2.05) is 12.1 Å².